The van der Waals surface area contributed by atoms with E-state index in [2.05, 4.69) is 13.8 Å². The number of carbonyl (C=O) groups excluding carboxylic acids is 1. The highest BCUT2D eigenvalue weighted by Gasteiger charge is 2.24. The number of nitrogens with zero attached hydrogens (tertiary/aromatic N) is 1. The zero-order valence-electron chi connectivity index (χ0n) is 8.49. The molecular formula is C10H19NO2. The fraction of sp³-hybridized carbons (Fsp3) is 0.900. The average Bonchev–Trinajstić information content (AvgIpc) is 2.51. The summed E-state index contributed by atoms with van der Waals surface area (Å²) in [6.45, 7) is 5.45. The molecule has 1 N–H and O–H groups in total. The molecule has 3 nitrogen and oxygen atoms in total. The maximum Gasteiger partial charge on any atom is 0.222 e. The van der Waals surface area contributed by atoms with Crippen LogP contribution in [0.2, 0.25) is 0 Å². The Kier molecular flexibility index (Phi) is 3.72. The molecule has 1 heterocycles. The fourth-order valence-corrected chi connectivity index (χ4v) is 1.54. The molecule has 1 rings (SSSR count). The Balaban J connectivity index is 2.31. The molecule has 0 saturated carbocycles. The summed E-state index contributed by atoms with van der Waals surface area (Å²) >= 11 is 0. The zero-order chi connectivity index (χ0) is 9.84. The van der Waals surface area contributed by atoms with Crippen LogP contribution in [0.4, 0.5) is 0 Å². The summed E-state index contributed by atoms with van der Waals surface area (Å²) in [7, 11) is 0. The SMILES string of the molecule is CCC(C)CC(=O)N1CCC(O)C1. The molecule has 0 aliphatic carbocycles. The number of aliphatic hydroxyl groups excluding tert-OH is 1. The predicted octanol–water partition coefficient (Wildman–Crippen LogP) is 1.02. The van der Waals surface area contributed by atoms with Crippen molar-refractivity contribution in [3.63, 3.8) is 0 Å². The van der Waals surface area contributed by atoms with Gasteiger partial charge < -0.3 is 10.0 Å². The molecule has 76 valence electrons. The van der Waals surface area contributed by atoms with Crippen LogP contribution in [0.25, 0.3) is 0 Å². The van der Waals surface area contributed by atoms with E-state index in [0.29, 0.717) is 18.9 Å². The van der Waals surface area contributed by atoms with Gasteiger partial charge in [-0.25, -0.2) is 0 Å². The van der Waals surface area contributed by atoms with Crippen LogP contribution < -0.4 is 0 Å². The van der Waals surface area contributed by atoms with Crippen LogP contribution in [0.15, 0.2) is 0 Å². The number of amides is 1. The van der Waals surface area contributed by atoms with Gasteiger partial charge in [0.1, 0.15) is 0 Å². The Hall–Kier alpha value is -0.570. The van der Waals surface area contributed by atoms with Crippen molar-refractivity contribution < 1.29 is 9.90 Å². The van der Waals surface area contributed by atoms with Gasteiger partial charge in [0.15, 0.2) is 0 Å². The van der Waals surface area contributed by atoms with Crippen molar-refractivity contribution >= 4 is 5.91 Å². The lowest BCUT2D eigenvalue weighted by Gasteiger charge is -2.17. The van der Waals surface area contributed by atoms with Gasteiger partial charge in [-0.05, 0) is 12.3 Å². The lowest BCUT2D eigenvalue weighted by atomic mass is 10.0. The molecule has 0 radical (unpaired) electrons. The molecule has 1 fully saturated rings. The van der Waals surface area contributed by atoms with E-state index in [9.17, 15) is 9.90 Å². The van der Waals surface area contributed by atoms with Crippen LogP contribution >= 0.6 is 0 Å². The molecule has 1 amide bonds. The van der Waals surface area contributed by atoms with Crippen LogP contribution in [0.3, 0.4) is 0 Å². The van der Waals surface area contributed by atoms with E-state index >= 15 is 0 Å². The van der Waals surface area contributed by atoms with Crippen LogP contribution in [-0.2, 0) is 4.79 Å². The van der Waals surface area contributed by atoms with Gasteiger partial charge in [-0.3, -0.25) is 4.79 Å². The standard InChI is InChI=1S/C10H19NO2/c1-3-8(2)6-10(13)11-5-4-9(12)7-11/h8-9,12H,3-7H2,1-2H3. The Morgan fingerprint density at radius 3 is 2.85 bits per heavy atom. The van der Waals surface area contributed by atoms with E-state index in [1.807, 2.05) is 0 Å². The summed E-state index contributed by atoms with van der Waals surface area (Å²) < 4.78 is 0. The Bertz CT molecular complexity index is 182. The van der Waals surface area contributed by atoms with E-state index in [1.54, 1.807) is 4.90 Å². The minimum atomic E-state index is -0.291. The van der Waals surface area contributed by atoms with E-state index in [0.717, 1.165) is 19.4 Å². The van der Waals surface area contributed by atoms with E-state index in [1.165, 1.54) is 0 Å². The van der Waals surface area contributed by atoms with Gasteiger partial charge in [-0.2, -0.15) is 0 Å². The second kappa shape index (κ2) is 4.61. The van der Waals surface area contributed by atoms with Gasteiger partial charge >= 0.3 is 0 Å². The number of hydrogen-bond donors (Lipinski definition) is 1. The topological polar surface area (TPSA) is 40.5 Å². The molecule has 0 spiro atoms. The van der Waals surface area contributed by atoms with Gasteiger partial charge in [-0.1, -0.05) is 20.3 Å². The number of hydrogen-bond acceptors (Lipinski definition) is 2. The third-order valence-electron chi connectivity index (χ3n) is 2.74. The summed E-state index contributed by atoms with van der Waals surface area (Å²) in [6, 6.07) is 0. The van der Waals surface area contributed by atoms with Gasteiger partial charge in [-0.15, -0.1) is 0 Å². The highest BCUT2D eigenvalue weighted by atomic mass is 16.3. The third kappa shape index (κ3) is 2.99. The van der Waals surface area contributed by atoms with Crippen molar-refractivity contribution in [2.45, 2.75) is 39.2 Å². The molecule has 2 atom stereocenters. The molecule has 2 unspecified atom stereocenters. The van der Waals surface area contributed by atoms with E-state index < -0.39 is 0 Å². The second-order valence-corrected chi connectivity index (χ2v) is 4.00. The Morgan fingerprint density at radius 2 is 2.38 bits per heavy atom. The summed E-state index contributed by atoms with van der Waals surface area (Å²) in [4.78, 5) is 13.3. The van der Waals surface area contributed by atoms with Crippen molar-refractivity contribution in [3.8, 4) is 0 Å². The minimum absolute atomic E-state index is 0.200. The molecule has 0 aromatic heterocycles. The largest absolute Gasteiger partial charge is 0.391 e. The van der Waals surface area contributed by atoms with Crippen molar-refractivity contribution in [1.82, 2.24) is 4.90 Å². The van der Waals surface area contributed by atoms with Crippen LogP contribution in [0, 0.1) is 5.92 Å². The number of aliphatic hydroxyl groups is 1. The van der Waals surface area contributed by atoms with Crippen molar-refractivity contribution in [3.05, 3.63) is 0 Å². The van der Waals surface area contributed by atoms with Gasteiger partial charge in [0.05, 0.1) is 6.10 Å². The first-order valence-electron chi connectivity index (χ1n) is 5.09. The number of likely N-dealkylation sites (tertiary alicyclic amines) is 1. The second-order valence-electron chi connectivity index (χ2n) is 4.00. The Labute approximate surface area is 79.7 Å². The predicted molar refractivity (Wildman–Crippen MR) is 51.3 cm³/mol. The summed E-state index contributed by atoms with van der Waals surface area (Å²) in [5, 5.41) is 9.25. The quantitative estimate of drug-likeness (QED) is 0.713. The number of rotatable bonds is 3. The average molecular weight is 185 g/mol. The highest BCUT2D eigenvalue weighted by molar-refractivity contribution is 5.76. The lowest BCUT2D eigenvalue weighted by molar-refractivity contribution is -0.131. The van der Waals surface area contributed by atoms with E-state index in [4.69, 9.17) is 0 Å². The molecule has 1 aliphatic heterocycles. The molecule has 1 saturated heterocycles. The smallest absolute Gasteiger partial charge is 0.222 e. The molecule has 0 bridgehead atoms. The number of carbonyl (C=O) groups is 1. The molecule has 0 aromatic carbocycles. The first-order valence-corrected chi connectivity index (χ1v) is 5.09. The lowest BCUT2D eigenvalue weighted by Crippen LogP contribution is -2.30. The zero-order valence-corrected chi connectivity index (χ0v) is 8.49. The first kappa shape index (κ1) is 10.5. The first-order chi connectivity index (χ1) is 6.13. The van der Waals surface area contributed by atoms with Crippen LogP contribution in [-0.4, -0.2) is 35.1 Å². The number of β-amino-alcohol motifs (C(OH)–C–C–N with tert-alkyl or cyclic N) is 1. The minimum Gasteiger partial charge on any atom is -0.391 e. The molecular weight excluding hydrogens is 166 g/mol. The van der Waals surface area contributed by atoms with Crippen LogP contribution in [0.5, 0.6) is 0 Å². The molecule has 1 aliphatic rings. The Morgan fingerprint density at radius 1 is 1.69 bits per heavy atom. The monoisotopic (exact) mass is 185 g/mol. The highest BCUT2D eigenvalue weighted by Crippen LogP contribution is 2.14. The summed E-state index contributed by atoms with van der Waals surface area (Å²) in [5.74, 6) is 0.663. The summed E-state index contributed by atoms with van der Waals surface area (Å²) in [5.41, 5.74) is 0. The van der Waals surface area contributed by atoms with Gasteiger partial charge in [0.2, 0.25) is 5.91 Å². The third-order valence-corrected chi connectivity index (χ3v) is 2.74. The summed E-state index contributed by atoms with van der Waals surface area (Å²) in [6.07, 6.45) is 2.12. The van der Waals surface area contributed by atoms with Crippen molar-refractivity contribution in [2.24, 2.45) is 5.92 Å². The van der Waals surface area contributed by atoms with Crippen LogP contribution in [0.1, 0.15) is 33.1 Å². The fourth-order valence-electron chi connectivity index (χ4n) is 1.54. The molecule has 13 heavy (non-hydrogen) atoms. The molecule has 3 heteroatoms. The maximum absolute atomic E-state index is 11.6. The maximum atomic E-state index is 11.6. The van der Waals surface area contributed by atoms with Gasteiger partial charge in [0, 0.05) is 19.5 Å². The molecule has 0 aromatic rings. The van der Waals surface area contributed by atoms with Crippen molar-refractivity contribution in [1.29, 1.82) is 0 Å². The normalized spacial score (nSPS) is 24.8. The van der Waals surface area contributed by atoms with Gasteiger partial charge in [0.25, 0.3) is 0 Å². The van der Waals surface area contributed by atoms with Crippen molar-refractivity contribution in [2.75, 3.05) is 13.1 Å². The van der Waals surface area contributed by atoms with E-state index in [-0.39, 0.29) is 12.0 Å².